The minimum atomic E-state index is -3.42. The van der Waals surface area contributed by atoms with Gasteiger partial charge in [-0.15, -0.1) is 0 Å². The molecule has 2 unspecified atom stereocenters. The second-order valence-corrected chi connectivity index (χ2v) is 7.03. The van der Waals surface area contributed by atoms with Gasteiger partial charge in [-0.1, -0.05) is 12.5 Å². The SMILES string of the molecule is NC(c1ccc(F)c(F)c1F)C1CCCCS1(=O)=O. The summed E-state index contributed by atoms with van der Waals surface area (Å²) in [5.74, 6) is -4.36. The van der Waals surface area contributed by atoms with Gasteiger partial charge in [0.15, 0.2) is 27.3 Å². The average molecular weight is 293 g/mol. The molecule has 1 aliphatic heterocycles. The standard InChI is InChI=1S/C12H14F3NO2S/c13-8-5-4-7(10(14)11(8)15)12(16)9-3-1-2-6-19(9,17)18/h4-5,9,12H,1-3,6,16H2. The van der Waals surface area contributed by atoms with Crippen molar-refractivity contribution in [2.45, 2.75) is 30.6 Å². The van der Waals surface area contributed by atoms with Crippen LogP contribution in [0.4, 0.5) is 13.2 Å². The number of benzene rings is 1. The normalized spacial score (nSPS) is 24.1. The molecule has 2 rings (SSSR count). The summed E-state index contributed by atoms with van der Waals surface area (Å²) in [5, 5.41) is -0.944. The van der Waals surface area contributed by atoms with Gasteiger partial charge in [0.25, 0.3) is 0 Å². The summed E-state index contributed by atoms with van der Waals surface area (Å²) in [6.07, 6.45) is 1.52. The van der Waals surface area contributed by atoms with Crippen LogP contribution in [0.15, 0.2) is 12.1 Å². The second-order valence-electron chi connectivity index (χ2n) is 4.69. The molecule has 1 aromatic carbocycles. The van der Waals surface area contributed by atoms with Crippen LogP contribution < -0.4 is 5.73 Å². The Morgan fingerprint density at radius 2 is 1.84 bits per heavy atom. The van der Waals surface area contributed by atoms with E-state index in [1.165, 1.54) is 0 Å². The largest absolute Gasteiger partial charge is 0.323 e. The van der Waals surface area contributed by atoms with Crippen LogP contribution in [0.5, 0.6) is 0 Å². The first kappa shape index (κ1) is 14.3. The van der Waals surface area contributed by atoms with Gasteiger partial charge in [-0.3, -0.25) is 0 Å². The molecule has 106 valence electrons. The molecule has 3 nitrogen and oxygen atoms in total. The van der Waals surface area contributed by atoms with E-state index in [1.54, 1.807) is 0 Å². The lowest BCUT2D eigenvalue weighted by molar-refractivity contribution is 0.428. The Bertz CT molecular complexity index is 589. The molecule has 2 atom stereocenters. The summed E-state index contributed by atoms with van der Waals surface area (Å²) < 4.78 is 63.4. The Morgan fingerprint density at radius 3 is 2.47 bits per heavy atom. The van der Waals surface area contributed by atoms with E-state index in [9.17, 15) is 21.6 Å². The highest BCUT2D eigenvalue weighted by Crippen LogP contribution is 2.31. The maximum Gasteiger partial charge on any atom is 0.194 e. The fourth-order valence-corrected chi connectivity index (χ4v) is 4.41. The monoisotopic (exact) mass is 293 g/mol. The summed E-state index contributed by atoms with van der Waals surface area (Å²) in [4.78, 5) is 0. The van der Waals surface area contributed by atoms with Crippen LogP contribution >= 0.6 is 0 Å². The van der Waals surface area contributed by atoms with E-state index < -0.39 is 38.6 Å². The summed E-state index contributed by atoms with van der Waals surface area (Å²) in [5.41, 5.74) is 5.46. The van der Waals surface area contributed by atoms with E-state index >= 15 is 0 Å². The molecule has 0 spiro atoms. The fraction of sp³-hybridized carbons (Fsp3) is 0.500. The highest BCUT2D eigenvalue weighted by molar-refractivity contribution is 7.92. The van der Waals surface area contributed by atoms with E-state index in [-0.39, 0.29) is 11.3 Å². The molecule has 0 bridgehead atoms. The highest BCUT2D eigenvalue weighted by Gasteiger charge is 2.36. The van der Waals surface area contributed by atoms with Crippen molar-refractivity contribution in [2.24, 2.45) is 5.73 Å². The van der Waals surface area contributed by atoms with Crippen LogP contribution in [0.25, 0.3) is 0 Å². The predicted octanol–water partition coefficient (Wildman–Crippen LogP) is 2.07. The fourth-order valence-electron chi connectivity index (χ4n) is 2.38. The average Bonchev–Trinajstić information content (AvgIpc) is 2.35. The number of rotatable bonds is 2. The van der Waals surface area contributed by atoms with Gasteiger partial charge in [0, 0.05) is 11.6 Å². The number of hydrogen-bond donors (Lipinski definition) is 1. The maximum absolute atomic E-state index is 13.6. The predicted molar refractivity (Wildman–Crippen MR) is 64.7 cm³/mol. The smallest absolute Gasteiger partial charge is 0.194 e. The number of halogens is 3. The zero-order valence-corrected chi connectivity index (χ0v) is 10.9. The van der Waals surface area contributed by atoms with Crippen molar-refractivity contribution in [3.05, 3.63) is 35.1 Å². The molecule has 0 radical (unpaired) electrons. The Morgan fingerprint density at radius 1 is 1.16 bits per heavy atom. The van der Waals surface area contributed by atoms with E-state index in [1.807, 2.05) is 0 Å². The Labute approximate surface area is 109 Å². The van der Waals surface area contributed by atoms with E-state index in [0.29, 0.717) is 19.3 Å². The lowest BCUT2D eigenvalue weighted by Gasteiger charge is -2.28. The summed E-state index contributed by atoms with van der Waals surface area (Å²) in [6.45, 7) is 0. The lowest BCUT2D eigenvalue weighted by atomic mass is 9.99. The Balaban J connectivity index is 2.39. The van der Waals surface area contributed by atoms with Crippen molar-refractivity contribution in [3.63, 3.8) is 0 Å². The second kappa shape index (κ2) is 5.13. The topological polar surface area (TPSA) is 60.2 Å². The molecule has 1 fully saturated rings. The molecule has 0 saturated carbocycles. The summed E-state index contributed by atoms with van der Waals surface area (Å²) >= 11 is 0. The van der Waals surface area contributed by atoms with E-state index in [4.69, 9.17) is 5.73 Å². The molecule has 1 aromatic rings. The molecule has 0 aliphatic carbocycles. The number of sulfone groups is 1. The minimum Gasteiger partial charge on any atom is -0.323 e. The van der Waals surface area contributed by atoms with Crippen molar-refractivity contribution < 1.29 is 21.6 Å². The van der Waals surface area contributed by atoms with E-state index in [2.05, 4.69) is 0 Å². The third-order valence-corrected chi connectivity index (χ3v) is 5.76. The Kier molecular flexibility index (Phi) is 3.87. The van der Waals surface area contributed by atoms with Gasteiger partial charge in [0.2, 0.25) is 0 Å². The van der Waals surface area contributed by atoms with Crippen LogP contribution in [0.2, 0.25) is 0 Å². The highest BCUT2D eigenvalue weighted by atomic mass is 32.2. The maximum atomic E-state index is 13.6. The molecule has 1 heterocycles. The third kappa shape index (κ3) is 2.62. The van der Waals surface area contributed by atoms with Crippen molar-refractivity contribution in [1.29, 1.82) is 0 Å². The van der Waals surface area contributed by atoms with Gasteiger partial charge in [0.1, 0.15) is 0 Å². The molecule has 19 heavy (non-hydrogen) atoms. The van der Waals surface area contributed by atoms with Crippen molar-refractivity contribution in [2.75, 3.05) is 5.75 Å². The van der Waals surface area contributed by atoms with Gasteiger partial charge in [-0.25, -0.2) is 21.6 Å². The van der Waals surface area contributed by atoms with Crippen LogP contribution in [0.1, 0.15) is 30.9 Å². The lowest BCUT2D eigenvalue weighted by Crippen LogP contribution is -2.38. The molecule has 7 heteroatoms. The molecular weight excluding hydrogens is 279 g/mol. The molecule has 0 aromatic heterocycles. The molecule has 1 aliphatic rings. The molecule has 0 amide bonds. The summed E-state index contributed by atoms with van der Waals surface area (Å²) in [7, 11) is -3.42. The number of nitrogens with two attached hydrogens (primary N) is 1. The zero-order valence-electron chi connectivity index (χ0n) is 10.1. The van der Waals surface area contributed by atoms with E-state index in [0.717, 1.165) is 12.1 Å². The van der Waals surface area contributed by atoms with Gasteiger partial charge in [0.05, 0.1) is 11.0 Å². The quantitative estimate of drug-likeness (QED) is 0.849. The van der Waals surface area contributed by atoms with Crippen LogP contribution in [-0.4, -0.2) is 19.4 Å². The molecule has 1 saturated heterocycles. The zero-order chi connectivity index (χ0) is 14.2. The minimum absolute atomic E-state index is 0.00331. The van der Waals surface area contributed by atoms with Crippen molar-refractivity contribution in [3.8, 4) is 0 Å². The van der Waals surface area contributed by atoms with Crippen LogP contribution in [0.3, 0.4) is 0 Å². The van der Waals surface area contributed by atoms with Crippen molar-refractivity contribution >= 4 is 9.84 Å². The Hall–Kier alpha value is -1.08. The molecular formula is C12H14F3NO2S. The third-order valence-electron chi connectivity index (χ3n) is 3.45. The number of hydrogen-bond acceptors (Lipinski definition) is 3. The molecule has 2 N–H and O–H groups in total. The van der Waals surface area contributed by atoms with Gasteiger partial charge in [-0.05, 0) is 18.9 Å². The van der Waals surface area contributed by atoms with Gasteiger partial charge in [-0.2, -0.15) is 0 Å². The first-order valence-electron chi connectivity index (χ1n) is 5.95. The first-order chi connectivity index (χ1) is 8.84. The van der Waals surface area contributed by atoms with Crippen molar-refractivity contribution in [1.82, 2.24) is 0 Å². The van der Waals surface area contributed by atoms with Crippen LogP contribution in [0, 0.1) is 17.5 Å². The first-order valence-corrected chi connectivity index (χ1v) is 7.66. The summed E-state index contributed by atoms with van der Waals surface area (Å²) in [6, 6.07) is 0.575. The van der Waals surface area contributed by atoms with Gasteiger partial charge < -0.3 is 5.73 Å². The van der Waals surface area contributed by atoms with Gasteiger partial charge >= 0.3 is 0 Å². The van der Waals surface area contributed by atoms with Crippen LogP contribution in [-0.2, 0) is 9.84 Å².